The third-order valence-corrected chi connectivity index (χ3v) is 6.04. The molecule has 0 saturated carbocycles. The number of fused-ring (bicyclic) bond motifs is 1. The molecule has 120 valence electrons. The van der Waals surface area contributed by atoms with Crippen LogP contribution in [0.15, 0.2) is 35.5 Å². The number of rotatable bonds is 2. The van der Waals surface area contributed by atoms with Crippen molar-refractivity contribution in [2.45, 2.75) is 19.9 Å². The second-order valence-electron chi connectivity index (χ2n) is 8.39. The minimum absolute atomic E-state index is 0.284. The number of nitrogens with one attached hydrogen (secondary N) is 1. The number of hydrogen-bond acceptors (Lipinski definition) is 3. The normalized spacial score (nSPS) is 42.1. The lowest BCUT2D eigenvalue weighted by molar-refractivity contribution is -0.165. The summed E-state index contributed by atoms with van der Waals surface area (Å²) in [4.78, 5) is 13.7. The molecule has 4 aliphatic rings. The Morgan fingerprint density at radius 2 is 1.74 bits per heavy atom. The molecule has 1 aromatic carbocycles. The van der Waals surface area contributed by atoms with Crippen LogP contribution in [0.25, 0.3) is 10.9 Å². The van der Waals surface area contributed by atoms with Gasteiger partial charge in [0.05, 0.1) is 12.7 Å². The zero-order valence-electron chi connectivity index (χ0n) is 13.9. The predicted octanol–water partition coefficient (Wildman–Crippen LogP) is 2.57. The Kier molecular flexibility index (Phi) is 2.67. The van der Waals surface area contributed by atoms with Crippen LogP contribution in [0.2, 0.25) is 0 Å². The number of aromatic nitrogens is 1. The van der Waals surface area contributed by atoms with E-state index < -0.39 is 0 Å². The summed E-state index contributed by atoms with van der Waals surface area (Å²) in [6.07, 6.45) is 4.20. The number of para-hydroxylation sites is 1. The second kappa shape index (κ2) is 4.46. The molecule has 0 aliphatic carbocycles. The van der Waals surface area contributed by atoms with Gasteiger partial charge >= 0.3 is 0 Å². The number of aromatic amines is 1. The summed E-state index contributed by atoms with van der Waals surface area (Å²) in [6, 6.07) is 8.88. The fourth-order valence-corrected chi connectivity index (χ4v) is 5.64. The summed E-state index contributed by atoms with van der Waals surface area (Å²) in [7, 11) is 0. The van der Waals surface area contributed by atoms with E-state index in [2.05, 4.69) is 65.3 Å². The molecule has 0 spiro atoms. The Hall–Kier alpha value is -1.65. The van der Waals surface area contributed by atoms with Gasteiger partial charge in [-0.15, -0.1) is 0 Å². The topological polar surface area (TPSA) is 34.6 Å². The van der Waals surface area contributed by atoms with Crippen molar-refractivity contribution in [3.05, 3.63) is 36.0 Å². The molecule has 0 atom stereocenters. The summed E-state index contributed by atoms with van der Waals surface area (Å²) < 4.78 is 0. The molecule has 4 nitrogen and oxygen atoms in total. The molecular formula is C19H24N4. The molecule has 4 saturated heterocycles. The molecule has 0 radical (unpaired) electrons. The third kappa shape index (κ3) is 1.95. The van der Waals surface area contributed by atoms with Crippen LogP contribution in [0.1, 0.15) is 19.4 Å². The summed E-state index contributed by atoms with van der Waals surface area (Å²) in [5, 5.41) is 1.27. The smallest absolute Gasteiger partial charge is 0.0655 e. The van der Waals surface area contributed by atoms with Crippen molar-refractivity contribution in [3.8, 4) is 0 Å². The Labute approximate surface area is 137 Å². The first-order valence-electron chi connectivity index (χ1n) is 8.60. The predicted molar refractivity (Wildman–Crippen MR) is 93.9 cm³/mol. The van der Waals surface area contributed by atoms with E-state index in [0.717, 1.165) is 6.67 Å². The minimum atomic E-state index is 0.284. The molecule has 6 rings (SSSR count). The number of benzene rings is 1. The van der Waals surface area contributed by atoms with Crippen molar-refractivity contribution >= 4 is 17.1 Å². The molecule has 0 amide bonds. The van der Waals surface area contributed by atoms with E-state index in [1.54, 1.807) is 0 Å². The maximum absolute atomic E-state index is 5.16. The van der Waals surface area contributed by atoms with Gasteiger partial charge in [0.25, 0.3) is 0 Å². The Balaban J connectivity index is 1.52. The average molecular weight is 308 g/mol. The average Bonchev–Trinajstić information content (AvgIpc) is 2.88. The summed E-state index contributed by atoms with van der Waals surface area (Å²) in [5.41, 5.74) is 2.97. The SMILES string of the molecule is CC12CN3CN(C1)CC(C)(C3)C2N=Cc1c[nH]c2ccccc12. The number of nitrogens with zero attached hydrogens (tertiary/aromatic N) is 3. The van der Waals surface area contributed by atoms with Crippen LogP contribution in [-0.2, 0) is 0 Å². The van der Waals surface area contributed by atoms with Gasteiger partial charge in [0.1, 0.15) is 0 Å². The summed E-state index contributed by atoms with van der Waals surface area (Å²) in [5.74, 6) is 0. The van der Waals surface area contributed by atoms with E-state index in [1.807, 2.05) is 0 Å². The lowest BCUT2D eigenvalue weighted by Gasteiger charge is -2.65. The lowest BCUT2D eigenvalue weighted by Crippen LogP contribution is -2.75. The molecule has 4 heteroatoms. The number of hydrogen-bond donors (Lipinski definition) is 1. The zero-order chi connectivity index (χ0) is 15.7. The molecule has 2 aromatic rings. The maximum Gasteiger partial charge on any atom is 0.0655 e. The monoisotopic (exact) mass is 308 g/mol. The second-order valence-corrected chi connectivity index (χ2v) is 8.39. The van der Waals surface area contributed by atoms with Gasteiger partial charge in [0.15, 0.2) is 0 Å². The molecule has 4 bridgehead atoms. The van der Waals surface area contributed by atoms with Gasteiger partial charge < -0.3 is 4.98 Å². The van der Waals surface area contributed by atoms with Crippen molar-refractivity contribution in [2.24, 2.45) is 15.8 Å². The van der Waals surface area contributed by atoms with Gasteiger partial charge in [-0.1, -0.05) is 32.0 Å². The number of piperidine rings is 2. The van der Waals surface area contributed by atoms with Gasteiger partial charge in [-0.2, -0.15) is 0 Å². The van der Waals surface area contributed by atoms with E-state index in [9.17, 15) is 0 Å². The zero-order valence-corrected chi connectivity index (χ0v) is 13.9. The third-order valence-electron chi connectivity index (χ3n) is 6.04. The molecule has 1 aromatic heterocycles. The van der Waals surface area contributed by atoms with Crippen molar-refractivity contribution in [1.29, 1.82) is 0 Å². The standard InChI is InChI=1S/C19H24N4/c1-18-9-22-11-19(2,12-23(10-18)13-22)17(18)21-8-14-7-20-16-6-4-3-5-15(14)16/h3-8,17,20H,9-13H2,1-2H3. The Morgan fingerprint density at radius 3 is 2.43 bits per heavy atom. The molecular weight excluding hydrogens is 284 g/mol. The van der Waals surface area contributed by atoms with E-state index in [1.165, 1.54) is 42.6 Å². The first-order chi connectivity index (χ1) is 11.1. The largest absolute Gasteiger partial charge is 0.361 e. The first kappa shape index (κ1) is 13.8. The summed E-state index contributed by atoms with van der Waals surface area (Å²) in [6.45, 7) is 10.8. The van der Waals surface area contributed by atoms with Crippen LogP contribution in [0.3, 0.4) is 0 Å². The van der Waals surface area contributed by atoms with Gasteiger partial charge in [-0.3, -0.25) is 14.8 Å². The Morgan fingerprint density at radius 1 is 1.09 bits per heavy atom. The van der Waals surface area contributed by atoms with Crippen LogP contribution in [0, 0.1) is 10.8 Å². The molecule has 5 heterocycles. The molecule has 0 unspecified atom stereocenters. The highest BCUT2D eigenvalue weighted by Gasteiger charge is 2.59. The van der Waals surface area contributed by atoms with Crippen molar-refractivity contribution in [3.63, 3.8) is 0 Å². The number of H-pyrrole nitrogens is 1. The van der Waals surface area contributed by atoms with E-state index in [0.29, 0.717) is 6.04 Å². The number of aliphatic imine (C=N–C) groups is 1. The van der Waals surface area contributed by atoms with Gasteiger partial charge in [-0.05, 0) is 6.07 Å². The van der Waals surface area contributed by atoms with Crippen molar-refractivity contribution in [2.75, 3.05) is 32.8 Å². The van der Waals surface area contributed by atoms with E-state index >= 15 is 0 Å². The van der Waals surface area contributed by atoms with E-state index in [4.69, 9.17) is 4.99 Å². The van der Waals surface area contributed by atoms with Gasteiger partial charge in [-0.25, -0.2) is 0 Å². The highest BCUT2D eigenvalue weighted by molar-refractivity contribution is 5.99. The van der Waals surface area contributed by atoms with Crippen LogP contribution < -0.4 is 0 Å². The van der Waals surface area contributed by atoms with Gasteiger partial charge in [0.2, 0.25) is 0 Å². The molecule has 4 fully saturated rings. The maximum atomic E-state index is 5.16. The fourth-order valence-electron chi connectivity index (χ4n) is 5.64. The highest BCUT2D eigenvalue weighted by Crippen LogP contribution is 2.50. The van der Waals surface area contributed by atoms with E-state index in [-0.39, 0.29) is 10.8 Å². The van der Waals surface area contributed by atoms with Crippen molar-refractivity contribution < 1.29 is 0 Å². The summed E-state index contributed by atoms with van der Waals surface area (Å²) >= 11 is 0. The minimum Gasteiger partial charge on any atom is -0.361 e. The fraction of sp³-hybridized carbons (Fsp3) is 0.526. The quantitative estimate of drug-likeness (QED) is 0.865. The van der Waals surface area contributed by atoms with Crippen LogP contribution in [0.4, 0.5) is 0 Å². The molecule has 23 heavy (non-hydrogen) atoms. The van der Waals surface area contributed by atoms with Crippen molar-refractivity contribution in [1.82, 2.24) is 14.8 Å². The Bertz CT molecular complexity index is 754. The lowest BCUT2D eigenvalue weighted by atomic mass is 9.60. The van der Waals surface area contributed by atoms with Crippen LogP contribution in [-0.4, -0.2) is 59.9 Å². The van der Waals surface area contributed by atoms with Gasteiger partial charge in [0, 0.05) is 65.9 Å². The molecule has 4 aliphatic heterocycles. The molecule has 1 N–H and O–H groups in total. The van der Waals surface area contributed by atoms with Crippen LogP contribution >= 0.6 is 0 Å². The first-order valence-corrected chi connectivity index (χ1v) is 8.60. The highest BCUT2D eigenvalue weighted by atomic mass is 15.4. The van der Waals surface area contributed by atoms with Crippen LogP contribution in [0.5, 0.6) is 0 Å².